The van der Waals surface area contributed by atoms with E-state index in [2.05, 4.69) is 62.4 Å². The van der Waals surface area contributed by atoms with Gasteiger partial charge in [-0.3, -0.25) is 4.79 Å². The Morgan fingerprint density at radius 3 is 1.17 bits per heavy atom. The summed E-state index contributed by atoms with van der Waals surface area (Å²) in [6, 6.07) is 17.5. The lowest BCUT2D eigenvalue weighted by molar-refractivity contribution is -0.119. The van der Waals surface area contributed by atoms with Gasteiger partial charge in [-0.05, 0) is 47.9 Å². The number of carbonyl (C=O) groups is 1. The predicted molar refractivity (Wildman–Crippen MR) is 103 cm³/mol. The molecule has 0 N–H and O–H groups in total. The van der Waals surface area contributed by atoms with E-state index in [1.807, 2.05) is 0 Å². The second-order valence-electron chi connectivity index (χ2n) is 6.67. The summed E-state index contributed by atoms with van der Waals surface area (Å²) in [5.41, 5.74) is 5.32. The van der Waals surface area contributed by atoms with E-state index >= 15 is 0 Å². The Labute approximate surface area is 147 Å². The molecule has 0 aromatic heterocycles. The van der Waals surface area contributed by atoms with Crippen molar-refractivity contribution in [2.75, 3.05) is 0 Å². The summed E-state index contributed by atoms with van der Waals surface area (Å²) in [6.45, 7) is 4.40. The van der Waals surface area contributed by atoms with Crippen molar-refractivity contribution in [3.8, 4) is 0 Å². The third-order valence-corrected chi connectivity index (χ3v) is 4.51. The number of Topliss-reactive ketones (excluding diaryl/α,β-unsaturated/α-hetero) is 1. The molecule has 0 saturated heterocycles. The van der Waals surface area contributed by atoms with Crippen LogP contribution in [-0.2, 0) is 30.5 Å². The molecule has 128 valence electrons. The zero-order valence-electron chi connectivity index (χ0n) is 15.2. The average Bonchev–Trinajstić information content (AvgIpc) is 2.61. The molecule has 0 saturated carbocycles. The molecule has 2 rings (SSSR count). The number of ketones is 1. The van der Waals surface area contributed by atoms with Gasteiger partial charge >= 0.3 is 0 Å². The predicted octanol–water partition coefficient (Wildman–Crippen LogP) is 5.73. The van der Waals surface area contributed by atoms with Crippen LogP contribution in [0.2, 0.25) is 0 Å². The van der Waals surface area contributed by atoms with E-state index in [9.17, 15) is 4.79 Å². The highest BCUT2D eigenvalue weighted by Crippen LogP contribution is 2.12. The molecule has 0 aliphatic heterocycles. The zero-order chi connectivity index (χ0) is 17.2. The quantitative estimate of drug-likeness (QED) is 0.546. The first-order chi connectivity index (χ1) is 11.7. The molecule has 1 heteroatoms. The van der Waals surface area contributed by atoms with Gasteiger partial charge in [-0.1, -0.05) is 75.2 Å². The van der Waals surface area contributed by atoms with Crippen molar-refractivity contribution in [3.63, 3.8) is 0 Å². The summed E-state index contributed by atoms with van der Waals surface area (Å²) in [6.07, 6.45) is 7.66. The van der Waals surface area contributed by atoms with Gasteiger partial charge in [0.05, 0.1) is 0 Å². The van der Waals surface area contributed by atoms with E-state index in [-0.39, 0.29) is 0 Å². The summed E-state index contributed by atoms with van der Waals surface area (Å²) in [5.74, 6) is 0.366. The molecule has 24 heavy (non-hydrogen) atoms. The lowest BCUT2D eigenvalue weighted by Gasteiger charge is -2.05. The molecule has 0 radical (unpaired) electrons. The fourth-order valence-electron chi connectivity index (χ4n) is 3.02. The van der Waals surface area contributed by atoms with Gasteiger partial charge in [0, 0.05) is 12.8 Å². The Hall–Kier alpha value is -1.89. The SMILES string of the molecule is CCCc1ccc(CCC(=O)CCc2ccc(CCC)cc2)cc1. The highest BCUT2D eigenvalue weighted by Gasteiger charge is 2.04. The topological polar surface area (TPSA) is 17.1 Å². The van der Waals surface area contributed by atoms with Crippen LogP contribution in [0.15, 0.2) is 48.5 Å². The molecule has 0 fully saturated rings. The Morgan fingerprint density at radius 2 is 0.875 bits per heavy atom. The molecule has 0 amide bonds. The Morgan fingerprint density at radius 1 is 0.583 bits per heavy atom. The van der Waals surface area contributed by atoms with E-state index < -0.39 is 0 Å². The van der Waals surface area contributed by atoms with E-state index in [1.54, 1.807) is 0 Å². The molecule has 0 aliphatic rings. The van der Waals surface area contributed by atoms with Gasteiger partial charge in [0.15, 0.2) is 0 Å². The van der Waals surface area contributed by atoms with Gasteiger partial charge in [-0.15, -0.1) is 0 Å². The number of aryl methyl sites for hydroxylation is 4. The summed E-state index contributed by atoms with van der Waals surface area (Å²) in [4.78, 5) is 12.1. The van der Waals surface area contributed by atoms with Crippen LogP contribution < -0.4 is 0 Å². The molecular formula is C23H30O. The van der Waals surface area contributed by atoms with Crippen LogP contribution in [-0.4, -0.2) is 5.78 Å². The number of hydrogen-bond donors (Lipinski definition) is 0. The molecule has 0 atom stereocenters. The van der Waals surface area contributed by atoms with Crippen molar-refractivity contribution in [2.24, 2.45) is 0 Å². The van der Waals surface area contributed by atoms with Crippen LogP contribution >= 0.6 is 0 Å². The molecular weight excluding hydrogens is 292 g/mol. The Bertz CT molecular complexity index is 552. The van der Waals surface area contributed by atoms with Crippen molar-refractivity contribution in [3.05, 3.63) is 70.8 Å². The minimum absolute atomic E-state index is 0.366. The fraction of sp³-hybridized carbons (Fsp3) is 0.435. The smallest absolute Gasteiger partial charge is 0.133 e. The maximum Gasteiger partial charge on any atom is 0.133 e. The van der Waals surface area contributed by atoms with Gasteiger partial charge in [-0.25, -0.2) is 0 Å². The van der Waals surface area contributed by atoms with Crippen LogP contribution in [0.5, 0.6) is 0 Å². The highest BCUT2D eigenvalue weighted by molar-refractivity contribution is 5.78. The normalized spacial score (nSPS) is 10.8. The van der Waals surface area contributed by atoms with Crippen molar-refractivity contribution < 1.29 is 4.79 Å². The first-order valence-electron chi connectivity index (χ1n) is 9.38. The minimum atomic E-state index is 0.366. The third kappa shape index (κ3) is 6.31. The van der Waals surface area contributed by atoms with Gasteiger partial charge in [0.1, 0.15) is 5.78 Å². The third-order valence-electron chi connectivity index (χ3n) is 4.51. The number of hydrogen-bond acceptors (Lipinski definition) is 1. The number of rotatable bonds is 10. The molecule has 0 heterocycles. The molecule has 0 spiro atoms. The molecule has 2 aromatic rings. The number of carbonyl (C=O) groups excluding carboxylic acids is 1. The second kappa shape index (κ2) is 10.1. The summed E-state index contributed by atoms with van der Waals surface area (Å²) in [5, 5.41) is 0. The highest BCUT2D eigenvalue weighted by atomic mass is 16.1. The largest absolute Gasteiger partial charge is 0.300 e. The first kappa shape index (κ1) is 18.4. The average molecular weight is 322 g/mol. The van der Waals surface area contributed by atoms with E-state index in [0.29, 0.717) is 18.6 Å². The van der Waals surface area contributed by atoms with Gasteiger partial charge in [0.2, 0.25) is 0 Å². The van der Waals surface area contributed by atoms with E-state index in [1.165, 1.54) is 35.1 Å². The maximum absolute atomic E-state index is 12.1. The zero-order valence-corrected chi connectivity index (χ0v) is 15.2. The monoisotopic (exact) mass is 322 g/mol. The molecule has 0 bridgehead atoms. The van der Waals surface area contributed by atoms with Crippen LogP contribution in [0.1, 0.15) is 61.8 Å². The van der Waals surface area contributed by atoms with E-state index in [0.717, 1.165) is 25.7 Å². The van der Waals surface area contributed by atoms with Crippen molar-refractivity contribution in [2.45, 2.75) is 65.2 Å². The molecule has 1 nitrogen and oxygen atoms in total. The van der Waals surface area contributed by atoms with Crippen molar-refractivity contribution >= 4 is 5.78 Å². The Balaban J connectivity index is 1.72. The second-order valence-corrected chi connectivity index (χ2v) is 6.67. The number of benzene rings is 2. The van der Waals surface area contributed by atoms with Crippen LogP contribution in [0.25, 0.3) is 0 Å². The standard InChI is InChI=1S/C23H30O/c1-3-5-19-7-11-21(12-8-19)15-17-23(24)18-16-22-13-9-20(6-4-2)10-14-22/h7-14H,3-6,15-18H2,1-2H3. The maximum atomic E-state index is 12.1. The summed E-state index contributed by atoms with van der Waals surface area (Å²) < 4.78 is 0. The lowest BCUT2D eigenvalue weighted by atomic mass is 10.00. The van der Waals surface area contributed by atoms with Gasteiger partial charge in [-0.2, -0.15) is 0 Å². The lowest BCUT2D eigenvalue weighted by Crippen LogP contribution is -2.02. The van der Waals surface area contributed by atoms with Crippen molar-refractivity contribution in [1.82, 2.24) is 0 Å². The first-order valence-corrected chi connectivity index (χ1v) is 9.38. The van der Waals surface area contributed by atoms with E-state index in [4.69, 9.17) is 0 Å². The van der Waals surface area contributed by atoms with Crippen LogP contribution in [0, 0.1) is 0 Å². The Kier molecular flexibility index (Phi) is 7.74. The molecule has 2 aromatic carbocycles. The van der Waals surface area contributed by atoms with Crippen LogP contribution in [0.3, 0.4) is 0 Å². The van der Waals surface area contributed by atoms with Crippen molar-refractivity contribution in [1.29, 1.82) is 0 Å². The summed E-state index contributed by atoms with van der Waals surface area (Å²) >= 11 is 0. The summed E-state index contributed by atoms with van der Waals surface area (Å²) in [7, 11) is 0. The fourth-order valence-corrected chi connectivity index (χ4v) is 3.02. The minimum Gasteiger partial charge on any atom is -0.300 e. The van der Waals surface area contributed by atoms with Crippen LogP contribution in [0.4, 0.5) is 0 Å². The molecule has 0 aliphatic carbocycles. The molecule has 0 unspecified atom stereocenters. The van der Waals surface area contributed by atoms with Gasteiger partial charge in [0.25, 0.3) is 0 Å². The van der Waals surface area contributed by atoms with Gasteiger partial charge < -0.3 is 0 Å².